The van der Waals surface area contributed by atoms with Gasteiger partial charge in [0.25, 0.3) is 0 Å². The van der Waals surface area contributed by atoms with Crippen LogP contribution in [0, 0.1) is 17.6 Å². The summed E-state index contributed by atoms with van der Waals surface area (Å²) in [6, 6.07) is 1.96. The van der Waals surface area contributed by atoms with Crippen LogP contribution in [0.4, 0.5) is 8.78 Å². The number of carbonyl (C=O) groups excluding carboxylic acids is 2. The van der Waals surface area contributed by atoms with Gasteiger partial charge in [-0.2, -0.15) is 0 Å². The predicted octanol–water partition coefficient (Wildman–Crippen LogP) is 4.10. The van der Waals surface area contributed by atoms with Gasteiger partial charge in [-0.25, -0.2) is 13.6 Å². The molecule has 0 fully saturated rings. The third kappa shape index (κ3) is 9.13. The first-order valence-electron chi connectivity index (χ1n) is 9.05. The van der Waals surface area contributed by atoms with E-state index in [0.717, 1.165) is 31.0 Å². The molecule has 1 N–H and O–H groups in total. The zero-order valence-corrected chi connectivity index (χ0v) is 16.0. The lowest BCUT2D eigenvalue weighted by Gasteiger charge is -2.17. The average molecular weight is 379 g/mol. The van der Waals surface area contributed by atoms with Gasteiger partial charge in [0.2, 0.25) is 5.91 Å². The largest absolute Gasteiger partial charge is 0.460 e. The van der Waals surface area contributed by atoms with Crippen molar-refractivity contribution in [2.24, 2.45) is 5.92 Å². The van der Waals surface area contributed by atoms with Crippen molar-refractivity contribution in [1.82, 2.24) is 5.32 Å². The number of carbonyl (C=O) groups is 2. The Balaban J connectivity index is 2.83. The highest BCUT2D eigenvalue weighted by Gasteiger charge is 2.22. The molecule has 0 radical (unpaired) electrons. The summed E-state index contributed by atoms with van der Waals surface area (Å²) in [4.78, 5) is 24.4. The highest BCUT2D eigenvalue weighted by molar-refractivity contribution is 5.91. The maximum Gasteiger partial charge on any atom is 0.329 e. The summed E-state index contributed by atoms with van der Waals surface area (Å²) >= 11 is 0. The minimum atomic E-state index is -1.04. The molecular formula is C21H27F2NO3. The molecule has 6 heteroatoms. The molecule has 0 saturated heterocycles. The van der Waals surface area contributed by atoms with E-state index >= 15 is 0 Å². The zero-order chi connectivity index (χ0) is 20.2. The highest BCUT2D eigenvalue weighted by atomic mass is 19.1. The number of esters is 1. The molecule has 1 aromatic carbocycles. The number of ether oxygens (including phenoxy) is 1. The van der Waals surface area contributed by atoms with Gasteiger partial charge in [0.15, 0.2) is 0 Å². The summed E-state index contributed by atoms with van der Waals surface area (Å²) in [5.41, 5.74) is 0.254. The van der Waals surface area contributed by atoms with Crippen molar-refractivity contribution in [2.45, 2.75) is 46.1 Å². The summed E-state index contributed by atoms with van der Waals surface area (Å²) in [7, 11) is 0. The number of hydrogen-bond acceptors (Lipinski definition) is 3. The van der Waals surface area contributed by atoms with Gasteiger partial charge in [-0.3, -0.25) is 4.79 Å². The van der Waals surface area contributed by atoms with Crippen LogP contribution in [0.5, 0.6) is 0 Å². The van der Waals surface area contributed by atoms with E-state index in [9.17, 15) is 18.4 Å². The molecular weight excluding hydrogens is 352 g/mol. The number of halogens is 2. The van der Waals surface area contributed by atoms with Crippen LogP contribution in [-0.2, 0) is 20.7 Å². The van der Waals surface area contributed by atoms with Crippen molar-refractivity contribution in [2.75, 3.05) is 6.61 Å². The third-order valence-electron chi connectivity index (χ3n) is 4.03. The molecule has 0 bridgehead atoms. The van der Waals surface area contributed by atoms with Gasteiger partial charge in [-0.1, -0.05) is 38.5 Å². The molecule has 27 heavy (non-hydrogen) atoms. The molecule has 1 unspecified atom stereocenters. The lowest BCUT2D eigenvalue weighted by Crippen LogP contribution is -2.42. The Morgan fingerprint density at radius 3 is 2.44 bits per heavy atom. The molecule has 0 aliphatic rings. The molecule has 1 aromatic rings. The van der Waals surface area contributed by atoms with Crippen LogP contribution in [0.2, 0.25) is 0 Å². The van der Waals surface area contributed by atoms with Crippen LogP contribution >= 0.6 is 0 Å². The molecule has 148 valence electrons. The fraction of sp³-hybridized carbons (Fsp3) is 0.429. The number of nitrogens with one attached hydrogen (secondary N) is 1. The number of rotatable bonds is 10. The molecule has 0 aromatic heterocycles. The van der Waals surface area contributed by atoms with Gasteiger partial charge in [0.05, 0.1) is 0 Å². The van der Waals surface area contributed by atoms with Crippen LogP contribution in [0.25, 0.3) is 0 Å². The Bertz CT molecular complexity index is 666. The summed E-state index contributed by atoms with van der Waals surface area (Å²) in [6.45, 7) is 5.98. The molecule has 0 heterocycles. The van der Waals surface area contributed by atoms with Crippen molar-refractivity contribution >= 4 is 11.9 Å². The third-order valence-corrected chi connectivity index (χ3v) is 4.03. The van der Waals surface area contributed by atoms with Gasteiger partial charge in [-0.15, -0.1) is 0 Å². The monoisotopic (exact) mass is 379 g/mol. The lowest BCUT2D eigenvalue weighted by atomic mass is 10.0. The Kier molecular flexibility index (Phi) is 10.0. The molecule has 0 spiro atoms. The Morgan fingerprint density at radius 2 is 1.85 bits per heavy atom. The lowest BCUT2D eigenvalue weighted by molar-refractivity contribution is -0.146. The quantitative estimate of drug-likeness (QED) is 0.378. The van der Waals surface area contributed by atoms with Crippen LogP contribution < -0.4 is 5.32 Å². The fourth-order valence-electron chi connectivity index (χ4n) is 2.28. The molecule has 1 rings (SSSR count). The molecule has 4 nitrogen and oxygen atoms in total. The van der Waals surface area contributed by atoms with Crippen LogP contribution in [0.3, 0.4) is 0 Å². The summed E-state index contributed by atoms with van der Waals surface area (Å²) < 4.78 is 31.9. The molecule has 2 atom stereocenters. The topological polar surface area (TPSA) is 55.4 Å². The van der Waals surface area contributed by atoms with Crippen molar-refractivity contribution in [1.29, 1.82) is 0 Å². The first-order valence-corrected chi connectivity index (χ1v) is 9.05. The van der Waals surface area contributed by atoms with E-state index in [4.69, 9.17) is 4.74 Å². The second-order valence-corrected chi connectivity index (χ2v) is 6.39. The van der Waals surface area contributed by atoms with Crippen molar-refractivity contribution in [3.8, 4) is 0 Å². The SMILES string of the molecule is C/C=C/COC(=O)[C@H](Cc1cc(F)cc(F)c1)NC(=O)/C=C/CC(C)CC. The highest BCUT2D eigenvalue weighted by Crippen LogP contribution is 2.11. The van der Waals surface area contributed by atoms with Crippen LogP contribution in [-0.4, -0.2) is 24.5 Å². The Morgan fingerprint density at radius 1 is 1.19 bits per heavy atom. The molecule has 0 aliphatic heterocycles. The molecule has 1 amide bonds. The maximum atomic E-state index is 13.4. The van der Waals surface area contributed by atoms with Crippen LogP contribution in [0.1, 0.15) is 39.2 Å². The normalized spacial score (nSPS) is 13.7. The standard InChI is InChI=1S/C21H27F2NO3/c1-4-6-10-27-21(26)19(13-16-11-17(22)14-18(23)12-16)24-20(25)9-7-8-15(3)5-2/h4,6-7,9,11-12,14-15,19H,5,8,10,13H2,1-3H3,(H,24,25)/b6-4+,9-7+/t15?,19-/m0/s1. The first-order chi connectivity index (χ1) is 12.8. The van der Waals surface area contributed by atoms with E-state index in [1.165, 1.54) is 6.08 Å². The Hall–Kier alpha value is -2.50. The van der Waals surface area contributed by atoms with Crippen molar-refractivity contribution < 1.29 is 23.1 Å². The minimum absolute atomic E-state index is 0.0586. The summed E-state index contributed by atoms with van der Waals surface area (Å²) in [5, 5.41) is 2.55. The number of benzene rings is 1. The fourth-order valence-corrected chi connectivity index (χ4v) is 2.28. The smallest absolute Gasteiger partial charge is 0.329 e. The van der Waals surface area contributed by atoms with E-state index in [1.54, 1.807) is 25.2 Å². The number of amides is 1. The average Bonchev–Trinajstić information content (AvgIpc) is 2.60. The molecule has 0 saturated carbocycles. The van der Waals surface area contributed by atoms with Gasteiger partial charge >= 0.3 is 5.97 Å². The van der Waals surface area contributed by atoms with E-state index in [1.807, 2.05) is 0 Å². The van der Waals surface area contributed by atoms with Gasteiger partial charge in [0, 0.05) is 12.5 Å². The van der Waals surface area contributed by atoms with Gasteiger partial charge in [0.1, 0.15) is 24.3 Å². The maximum absolute atomic E-state index is 13.4. The Labute approximate surface area is 159 Å². The van der Waals surface area contributed by atoms with E-state index in [2.05, 4.69) is 19.2 Å². The first kappa shape index (κ1) is 22.5. The van der Waals surface area contributed by atoms with Crippen LogP contribution in [0.15, 0.2) is 42.5 Å². The zero-order valence-electron chi connectivity index (χ0n) is 16.0. The summed E-state index contributed by atoms with van der Waals surface area (Å²) in [5.74, 6) is -2.16. The predicted molar refractivity (Wildman–Crippen MR) is 101 cm³/mol. The second kappa shape index (κ2) is 12.0. The number of allylic oxidation sites excluding steroid dienone is 2. The van der Waals surface area contributed by atoms with E-state index in [-0.39, 0.29) is 18.6 Å². The van der Waals surface area contributed by atoms with E-state index in [0.29, 0.717) is 5.92 Å². The van der Waals surface area contributed by atoms with Gasteiger partial charge in [-0.05, 0) is 43.0 Å². The van der Waals surface area contributed by atoms with E-state index < -0.39 is 29.6 Å². The molecule has 0 aliphatic carbocycles. The minimum Gasteiger partial charge on any atom is -0.460 e. The summed E-state index contributed by atoms with van der Waals surface area (Å²) in [6.07, 6.45) is 8.14. The van der Waals surface area contributed by atoms with Crippen molar-refractivity contribution in [3.05, 3.63) is 59.7 Å². The van der Waals surface area contributed by atoms with Gasteiger partial charge < -0.3 is 10.1 Å². The van der Waals surface area contributed by atoms with Crippen molar-refractivity contribution in [3.63, 3.8) is 0 Å². The number of hydrogen-bond donors (Lipinski definition) is 1. The second-order valence-electron chi connectivity index (χ2n) is 6.39.